The van der Waals surface area contributed by atoms with Crippen LogP contribution < -0.4 is 5.32 Å². The van der Waals surface area contributed by atoms with Crippen LogP contribution >= 0.6 is 0 Å². The lowest BCUT2D eigenvalue weighted by atomic mass is 10.0. The Balaban J connectivity index is 1.99. The molecule has 1 aromatic carbocycles. The summed E-state index contributed by atoms with van der Waals surface area (Å²) in [4.78, 5) is 0.925. The van der Waals surface area contributed by atoms with Crippen LogP contribution in [0.5, 0.6) is 0 Å². The van der Waals surface area contributed by atoms with Crippen molar-refractivity contribution >= 4 is 10.8 Å². The number of benzene rings is 1. The molecule has 1 saturated heterocycles. The minimum absolute atomic E-state index is 0.267. The van der Waals surface area contributed by atoms with Crippen molar-refractivity contribution in [2.75, 3.05) is 26.0 Å². The largest absolute Gasteiger partial charge is 0.381 e. The van der Waals surface area contributed by atoms with Crippen LogP contribution in [0.1, 0.15) is 31.7 Å². The summed E-state index contributed by atoms with van der Waals surface area (Å²) in [7, 11) is 0.998. The van der Waals surface area contributed by atoms with E-state index in [1.165, 1.54) is 5.56 Å². The van der Waals surface area contributed by atoms with Crippen LogP contribution in [0, 0.1) is 5.92 Å². The Kier molecular flexibility index (Phi) is 5.75. The van der Waals surface area contributed by atoms with Crippen molar-refractivity contribution in [3.05, 3.63) is 29.8 Å². The Hall–Kier alpha value is -0.710. The van der Waals surface area contributed by atoms with Gasteiger partial charge in [0.2, 0.25) is 0 Å². The lowest BCUT2D eigenvalue weighted by Gasteiger charge is -2.21. The van der Waals surface area contributed by atoms with Gasteiger partial charge < -0.3 is 10.1 Å². The fourth-order valence-electron chi connectivity index (χ4n) is 2.59. The van der Waals surface area contributed by atoms with Gasteiger partial charge in [-0.25, -0.2) is 0 Å². The molecule has 1 aliphatic rings. The van der Waals surface area contributed by atoms with E-state index in [4.69, 9.17) is 4.74 Å². The quantitative estimate of drug-likeness (QED) is 0.876. The fourth-order valence-corrected chi connectivity index (χ4v) is 3.99. The lowest BCUT2D eigenvalue weighted by molar-refractivity contribution is 0.179. The lowest BCUT2D eigenvalue weighted by Crippen LogP contribution is -2.38. The fraction of sp³-hybridized carbons (Fsp3) is 0.625. The molecule has 0 saturated carbocycles. The Morgan fingerprint density at radius 2 is 2.05 bits per heavy atom. The number of rotatable bonds is 6. The first kappa shape index (κ1) is 15.7. The second-order valence-electron chi connectivity index (χ2n) is 5.75. The van der Waals surface area contributed by atoms with Crippen molar-refractivity contribution in [2.45, 2.75) is 37.1 Å². The molecule has 1 aromatic rings. The van der Waals surface area contributed by atoms with Crippen molar-refractivity contribution in [3.63, 3.8) is 0 Å². The molecule has 0 aromatic heterocycles. The highest BCUT2D eigenvalue weighted by Gasteiger charge is 2.26. The van der Waals surface area contributed by atoms with Gasteiger partial charge in [-0.1, -0.05) is 26.0 Å². The maximum atomic E-state index is 12.5. The van der Waals surface area contributed by atoms with Crippen molar-refractivity contribution in [3.8, 4) is 0 Å². The van der Waals surface area contributed by atoms with E-state index in [1.807, 2.05) is 19.2 Å². The molecule has 1 aliphatic heterocycles. The summed E-state index contributed by atoms with van der Waals surface area (Å²) in [6.45, 7) is 5.96. The third-order valence-corrected chi connectivity index (χ3v) is 5.51. The Morgan fingerprint density at radius 1 is 1.35 bits per heavy atom. The molecule has 0 bridgehead atoms. The van der Waals surface area contributed by atoms with Gasteiger partial charge in [0, 0.05) is 29.2 Å². The Bertz CT molecular complexity index is 438. The van der Waals surface area contributed by atoms with Gasteiger partial charge >= 0.3 is 0 Å². The van der Waals surface area contributed by atoms with Crippen LogP contribution in [0.3, 0.4) is 0 Å². The van der Waals surface area contributed by atoms with Gasteiger partial charge in [0.15, 0.2) is 0 Å². The zero-order chi connectivity index (χ0) is 14.5. The van der Waals surface area contributed by atoms with Gasteiger partial charge in [-0.05, 0) is 37.1 Å². The van der Waals surface area contributed by atoms with Crippen LogP contribution in [-0.2, 0) is 15.5 Å². The second-order valence-corrected chi connectivity index (χ2v) is 7.25. The van der Waals surface area contributed by atoms with Gasteiger partial charge in [-0.15, -0.1) is 0 Å². The predicted octanol–water partition coefficient (Wildman–Crippen LogP) is 2.54. The van der Waals surface area contributed by atoms with Crippen LogP contribution in [0.4, 0.5) is 0 Å². The van der Waals surface area contributed by atoms with Crippen LogP contribution in [-0.4, -0.2) is 36.3 Å². The zero-order valence-electron chi connectivity index (χ0n) is 12.6. The number of hydrogen-bond acceptors (Lipinski definition) is 3. The van der Waals surface area contributed by atoms with E-state index in [9.17, 15) is 4.21 Å². The number of ether oxygens (including phenoxy) is 1. The summed E-state index contributed by atoms with van der Waals surface area (Å²) in [5.41, 5.74) is 1.29. The van der Waals surface area contributed by atoms with Gasteiger partial charge in [-0.2, -0.15) is 0 Å². The molecule has 2 rings (SSSR count). The number of hydrogen-bond donors (Lipinski definition) is 1. The predicted molar refractivity (Wildman–Crippen MR) is 83.6 cm³/mol. The van der Waals surface area contributed by atoms with E-state index >= 15 is 0 Å². The standard InChI is InChI=1S/C16H25NO2S/c1-12(2)13-4-6-15(7-5-13)20(18)11-16(17-3)14-8-9-19-10-14/h4-7,12,14,16-17H,8-11H2,1-3H3. The first-order chi connectivity index (χ1) is 9.61. The first-order valence-corrected chi connectivity index (χ1v) is 8.67. The molecule has 1 N–H and O–H groups in total. The average molecular weight is 295 g/mol. The van der Waals surface area contributed by atoms with E-state index < -0.39 is 10.8 Å². The molecule has 0 radical (unpaired) electrons. The number of nitrogens with one attached hydrogen (secondary N) is 1. The molecule has 3 unspecified atom stereocenters. The van der Waals surface area contributed by atoms with Crippen molar-refractivity contribution < 1.29 is 8.95 Å². The zero-order valence-corrected chi connectivity index (χ0v) is 13.4. The van der Waals surface area contributed by atoms with E-state index in [1.54, 1.807) is 0 Å². The van der Waals surface area contributed by atoms with E-state index in [0.29, 0.717) is 17.6 Å². The third-order valence-electron chi connectivity index (χ3n) is 4.05. The molecule has 4 heteroatoms. The molecule has 0 amide bonds. The van der Waals surface area contributed by atoms with Crippen molar-refractivity contribution in [1.82, 2.24) is 5.32 Å². The van der Waals surface area contributed by atoms with Crippen LogP contribution in [0.25, 0.3) is 0 Å². The summed E-state index contributed by atoms with van der Waals surface area (Å²) >= 11 is 0. The highest BCUT2D eigenvalue weighted by Crippen LogP contribution is 2.20. The SMILES string of the molecule is CNC(CS(=O)c1ccc(C(C)C)cc1)C1CCOC1. The summed E-state index contributed by atoms with van der Waals surface area (Å²) < 4.78 is 17.9. The minimum Gasteiger partial charge on any atom is -0.381 e. The molecule has 1 heterocycles. The molecule has 3 atom stereocenters. The minimum atomic E-state index is -0.949. The van der Waals surface area contributed by atoms with Crippen LogP contribution in [0.2, 0.25) is 0 Å². The maximum absolute atomic E-state index is 12.5. The molecular weight excluding hydrogens is 270 g/mol. The third kappa shape index (κ3) is 3.90. The molecule has 0 spiro atoms. The molecular formula is C16H25NO2S. The molecule has 3 nitrogen and oxygen atoms in total. The van der Waals surface area contributed by atoms with Crippen molar-refractivity contribution in [2.24, 2.45) is 5.92 Å². The summed E-state index contributed by atoms with van der Waals surface area (Å²) in [5, 5.41) is 3.30. The van der Waals surface area contributed by atoms with Gasteiger partial charge in [0.25, 0.3) is 0 Å². The summed E-state index contributed by atoms with van der Waals surface area (Å²) in [6.07, 6.45) is 1.06. The summed E-state index contributed by atoms with van der Waals surface area (Å²) in [5.74, 6) is 1.66. The summed E-state index contributed by atoms with van der Waals surface area (Å²) in [6, 6.07) is 8.45. The normalized spacial score (nSPS) is 22.1. The highest BCUT2D eigenvalue weighted by molar-refractivity contribution is 7.85. The molecule has 0 aliphatic carbocycles. The average Bonchev–Trinajstić information content (AvgIpc) is 2.98. The molecule has 20 heavy (non-hydrogen) atoms. The van der Waals surface area contributed by atoms with Crippen molar-refractivity contribution in [1.29, 1.82) is 0 Å². The smallest absolute Gasteiger partial charge is 0.0545 e. The van der Waals surface area contributed by atoms with E-state index in [2.05, 4.69) is 31.3 Å². The van der Waals surface area contributed by atoms with Gasteiger partial charge in [-0.3, -0.25) is 4.21 Å². The van der Waals surface area contributed by atoms with E-state index in [-0.39, 0.29) is 6.04 Å². The van der Waals surface area contributed by atoms with Crippen LogP contribution in [0.15, 0.2) is 29.2 Å². The van der Waals surface area contributed by atoms with E-state index in [0.717, 1.165) is 24.5 Å². The maximum Gasteiger partial charge on any atom is 0.0545 e. The Morgan fingerprint density at radius 3 is 2.55 bits per heavy atom. The van der Waals surface area contributed by atoms with Gasteiger partial charge in [0.05, 0.1) is 17.4 Å². The van der Waals surface area contributed by atoms with Gasteiger partial charge in [0.1, 0.15) is 0 Å². The topological polar surface area (TPSA) is 38.3 Å². The second kappa shape index (κ2) is 7.34. The molecule has 112 valence electrons. The highest BCUT2D eigenvalue weighted by atomic mass is 32.2. The first-order valence-electron chi connectivity index (χ1n) is 7.35. The monoisotopic (exact) mass is 295 g/mol. The molecule has 1 fully saturated rings. The Labute approximate surface area is 124 Å².